The number of fused-ring (bicyclic) bond motifs is 2. The fraction of sp³-hybridized carbons (Fsp3) is 0.769. The lowest BCUT2D eigenvalue weighted by Gasteiger charge is -2.18. The molecule has 0 aromatic heterocycles. The molecule has 1 saturated carbocycles. The highest BCUT2D eigenvalue weighted by molar-refractivity contribution is 5.79. The van der Waals surface area contributed by atoms with Gasteiger partial charge in [0.25, 0.3) is 0 Å². The van der Waals surface area contributed by atoms with E-state index in [-0.39, 0.29) is 17.9 Å². The summed E-state index contributed by atoms with van der Waals surface area (Å²) in [6.07, 6.45) is 7.85. The van der Waals surface area contributed by atoms with Gasteiger partial charge in [-0.2, -0.15) is 0 Å². The van der Waals surface area contributed by atoms with E-state index in [2.05, 4.69) is 24.4 Å². The quantitative estimate of drug-likeness (QED) is 0.572. The largest absolute Gasteiger partial charge is 0.358 e. The van der Waals surface area contributed by atoms with Crippen LogP contribution in [0, 0.1) is 17.8 Å². The monoisotopic (exact) mass is 223 g/mol. The van der Waals surface area contributed by atoms with Gasteiger partial charge in [-0.1, -0.05) is 19.1 Å². The topological polar surface area (TPSA) is 38.3 Å². The normalized spacial score (nSPS) is 33.0. The van der Waals surface area contributed by atoms with Crippen LogP contribution in [0.3, 0.4) is 0 Å². The van der Waals surface area contributed by atoms with E-state index in [1.165, 1.54) is 6.42 Å². The highest BCUT2D eigenvalue weighted by Gasteiger charge is 2.39. The summed E-state index contributed by atoms with van der Waals surface area (Å²) in [6.45, 7) is 4.45. The second-order valence-corrected chi connectivity index (χ2v) is 4.96. The second kappa shape index (κ2) is 5.00. The van der Waals surface area contributed by atoms with Crippen molar-refractivity contribution < 1.29 is 9.53 Å². The molecule has 90 valence electrons. The molecule has 1 fully saturated rings. The average molecular weight is 223 g/mol. The third-order valence-electron chi connectivity index (χ3n) is 3.80. The Morgan fingerprint density at radius 3 is 2.88 bits per heavy atom. The summed E-state index contributed by atoms with van der Waals surface area (Å²) in [6, 6.07) is 0. The van der Waals surface area contributed by atoms with E-state index >= 15 is 0 Å². The number of allylic oxidation sites excluding steroid dienone is 2. The van der Waals surface area contributed by atoms with Gasteiger partial charge in [-0.15, -0.1) is 0 Å². The third kappa shape index (κ3) is 2.46. The maximum absolute atomic E-state index is 11.9. The zero-order chi connectivity index (χ0) is 11.5. The number of amides is 1. The number of ether oxygens (including phenoxy) is 1. The van der Waals surface area contributed by atoms with E-state index in [4.69, 9.17) is 4.74 Å². The molecule has 0 spiro atoms. The van der Waals surface area contributed by atoms with Gasteiger partial charge in [-0.3, -0.25) is 4.79 Å². The molecule has 1 amide bonds. The Kier molecular flexibility index (Phi) is 3.64. The molecule has 3 heteroatoms. The first kappa shape index (κ1) is 11.6. The van der Waals surface area contributed by atoms with Crippen molar-refractivity contribution in [2.75, 3.05) is 6.73 Å². The molecule has 4 atom stereocenters. The smallest absolute Gasteiger partial charge is 0.225 e. The van der Waals surface area contributed by atoms with Crippen LogP contribution >= 0.6 is 0 Å². The van der Waals surface area contributed by atoms with Crippen LogP contribution < -0.4 is 5.32 Å². The standard InChI is InChI=1S/C13H21NO2/c1-3-9(2)16-8-14-13(15)12-7-10-4-5-11(12)6-10/h4-5,9-12H,3,6-8H2,1-2H3,(H,14,15). The molecule has 0 aliphatic heterocycles. The summed E-state index contributed by atoms with van der Waals surface area (Å²) in [7, 11) is 0. The summed E-state index contributed by atoms with van der Waals surface area (Å²) in [4.78, 5) is 11.9. The Hall–Kier alpha value is -0.830. The van der Waals surface area contributed by atoms with Crippen molar-refractivity contribution in [3.8, 4) is 0 Å². The van der Waals surface area contributed by atoms with Gasteiger partial charge in [0.05, 0.1) is 6.10 Å². The van der Waals surface area contributed by atoms with Crippen LogP contribution in [0.15, 0.2) is 12.2 Å². The molecule has 0 aromatic carbocycles. The lowest BCUT2D eigenvalue weighted by Crippen LogP contribution is -2.35. The summed E-state index contributed by atoms with van der Waals surface area (Å²) in [5.74, 6) is 1.49. The van der Waals surface area contributed by atoms with Crippen LogP contribution in [0.5, 0.6) is 0 Å². The van der Waals surface area contributed by atoms with Crippen molar-refractivity contribution in [3.05, 3.63) is 12.2 Å². The van der Waals surface area contributed by atoms with E-state index in [1.54, 1.807) is 0 Å². The fourth-order valence-corrected chi connectivity index (χ4v) is 2.59. The maximum Gasteiger partial charge on any atom is 0.225 e. The lowest BCUT2D eigenvalue weighted by atomic mass is 9.93. The molecule has 16 heavy (non-hydrogen) atoms. The molecule has 2 aliphatic rings. The zero-order valence-electron chi connectivity index (χ0n) is 10.1. The van der Waals surface area contributed by atoms with Crippen LogP contribution in [-0.4, -0.2) is 18.7 Å². The molecule has 2 rings (SSSR count). The second-order valence-electron chi connectivity index (χ2n) is 4.96. The highest BCUT2D eigenvalue weighted by Crippen LogP contribution is 2.43. The Balaban J connectivity index is 1.71. The highest BCUT2D eigenvalue weighted by atomic mass is 16.5. The van der Waals surface area contributed by atoms with Crippen molar-refractivity contribution in [1.82, 2.24) is 5.32 Å². The van der Waals surface area contributed by atoms with Gasteiger partial charge in [-0.05, 0) is 38.0 Å². The van der Waals surface area contributed by atoms with E-state index in [0.717, 1.165) is 12.8 Å². The maximum atomic E-state index is 11.9. The van der Waals surface area contributed by atoms with Gasteiger partial charge in [0.15, 0.2) is 0 Å². The van der Waals surface area contributed by atoms with E-state index < -0.39 is 0 Å². The van der Waals surface area contributed by atoms with E-state index in [0.29, 0.717) is 18.6 Å². The first-order valence-electron chi connectivity index (χ1n) is 6.28. The number of hydrogen-bond donors (Lipinski definition) is 1. The molecule has 2 bridgehead atoms. The molecule has 0 heterocycles. The molecule has 0 saturated heterocycles. The molecule has 1 N–H and O–H groups in total. The Morgan fingerprint density at radius 1 is 1.50 bits per heavy atom. The Bertz CT molecular complexity index is 288. The predicted molar refractivity (Wildman–Crippen MR) is 62.7 cm³/mol. The molecular formula is C13H21NO2. The number of nitrogens with one attached hydrogen (secondary N) is 1. The summed E-state index contributed by atoms with van der Waals surface area (Å²) in [5, 5.41) is 2.88. The summed E-state index contributed by atoms with van der Waals surface area (Å²) in [5.41, 5.74) is 0. The number of rotatable bonds is 5. The van der Waals surface area contributed by atoms with E-state index in [9.17, 15) is 4.79 Å². The molecule has 4 unspecified atom stereocenters. The van der Waals surface area contributed by atoms with Gasteiger partial charge < -0.3 is 10.1 Å². The minimum Gasteiger partial charge on any atom is -0.358 e. The fourth-order valence-electron chi connectivity index (χ4n) is 2.59. The van der Waals surface area contributed by atoms with Crippen molar-refractivity contribution in [3.63, 3.8) is 0 Å². The van der Waals surface area contributed by atoms with Crippen molar-refractivity contribution >= 4 is 5.91 Å². The third-order valence-corrected chi connectivity index (χ3v) is 3.80. The number of carbonyl (C=O) groups excluding carboxylic acids is 1. The molecule has 0 radical (unpaired) electrons. The van der Waals surface area contributed by atoms with Crippen LogP contribution in [0.1, 0.15) is 33.1 Å². The van der Waals surface area contributed by atoms with Gasteiger partial charge in [0.2, 0.25) is 5.91 Å². The Labute approximate surface area is 97.2 Å². The lowest BCUT2D eigenvalue weighted by molar-refractivity contribution is -0.128. The van der Waals surface area contributed by atoms with Gasteiger partial charge in [0.1, 0.15) is 6.73 Å². The van der Waals surface area contributed by atoms with Gasteiger partial charge in [0, 0.05) is 5.92 Å². The van der Waals surface area contributed by atoms with Gasteiger partial charge in [-0.25, -0.2) is 0 Å². The van der Waals surface area contributed by atoms with Crippen LogP contribution in [-0.2, 0) is 9.53 Å². The SMILES string of the molecule is CCC(C)OCNC(=O)C1CC2C=CC1C2. The molecule has 0 aromatic rings. The van der Waals surface area contributed by atoms with Crippen LogP contribution in [0.25, 0.3) is 0 Å². The Morgan fingerprint density at radius 2 is 2.31 bits per heavy atom. The number of hydrogen-bond acceptors (Lipinski definition) is 2. The molecule has 2 aliphatic carbocycles. The van der Waals surface area contributed by atoms with Crippen molar-refractivity contribution in [2.24, 2.45) is 17.8 Å². The van der Waals surface area contributed by atoms with Gasteiger partial charge >= 0.3 is 0 Å². The van der Waals surface area contributed by atoms with Crippen LogP contribution in [0.2, 0.25) is 0 Å². The predicted octanol–water partition coefficient (Wildman–Crippen LogP) is 2.09. The minimum atomic E-state index is 0.167. The first-order chi connectivity index (χ1) is 7.70. The van der Waals surface area contributed by atoms with Crippen LogP contribution in [0.4, 0.5) is 0 Å². The minimum absolute atomic E-state index is 0.167. The van der Waals surface area contributed by atoms with Crippen molar-refractivity contribution in [1.29, 1.82) is 0 Å². The average Bonchev–Trinajstić information content (AvgIpc) is 2.90. The summed E-state index contributed by atoms with van der Waals surface area (Å²) < 4.78 is 5.45. The molecular weight excluding hydrogens is 202 g/mol. The number of carbonyl (C=O) groups is 1. The van der Waals surface area contributed by atoms with E-state index in [1.807, 2.05) is 6.92 Å². The summed E-state index contributed by atoms with van der Waals surface area (Å²) >= 11 is 0. The zero-order valence-corrected chi connectivity index (χ0v) is 10.1. The first-order valence-corrected chi connectivity index (χ1v) is 6.28. The van der Waals surface area contributed by atoms with Crippen molar-refractivity contribution in [2.45, 2.75) is 39.2 Å². The molecule has 3 nitrogen and oxygen atoms in total.